The predicted octanol–water partition coefficient (Wildman–Crippen LogP) is 3.63. The highest BCUT2D eigenvalue weighted by Crippen LogP contribution is 2.27. The van der Waals surface area contributed by atoms with Crippen LogP contribution in [0.4, 0.5) is 0 Å². The van der Waals surface area contributed by atoms with Crippen LogP contribution in [0.5, 0.6) is 0 Å². The second kappa shape index (κ2) is 6.25. The topological polar surface area (TPSA) is 33.2 Å². The van der Waals surface area contributed by atoms with Gasteiger partial charge in [-0.2, -0.15) is 0 Å². The van der Waals surface area contributed by atoms with Crippen LogP contribution in [0, 0.1) is 5.92 Å². The fraction of sp³-hybridized carbons (Fsp3) is 0.750. The highest BCUT2D eigenvalue weighted by molar-refractivity contribution is 7.09. The average Bonchev–Trinajstić information content (AvgIpc) is 2.87. The third-order valence-corrected chi connectivity index (χ3v) is 4.92. The first-order valence-electron chi connectivity index (χ1n) is 7.62. The summed E-state index contributed by atoms with van der Waals surface area (Å²) in [4.78, 5) is 18.5. The molecular weight excluding hydrogens is 268 g/mol. The molecule has 1 saturated heterocycles. The van der Waals surface area contributed by atoms with Crippen molar-refractivity contribution in [2.24, 2.45) is 5.92 Å². The van der Waals surface area contributed by atoms with Crippen LogP contribution in [0.3, 0.4) is 0 Å². The Morgan fingerprint density at radius 3 is 2.55 bits per heavy atom. The summed E-state index contributed by atoms with van der Waals surface area (Å²) in [5, 5.41) is 3.46. The minimum Gasteiger partial charge on any atom is -0.343 e. The van der Waals surface area contributed by atoms with Crippen LogP contribution >= 0.6 is 11.3 Å². The van der Waals surface area contributed by atoms with Crippen LogP contribution < -0.4 is 0 Å². The number of thiazole rings is 1. The number of hydrogen-bond acceptors (Lipinski definition) is 3. The lowest BCUT2D eigenvalue weighted by molar-refractivity contribution is -0.132. The maximum atomic E-state index is 11.7. The van der Waals surface area contributed by atoms with E-state index >= 15 is 0 Å². The normalized spacial score (nSPS) is 17.5. The summed E-state index contributed by atoms with van der Waals surface area (Å²) < 4.78 is 0. The van der Waals surface area contributed by atoms with Crippen molar-refractivity contribution in [3.63, 3.8) is 0 Å². The molecule has 20 heavy (non-hydrogen) atoms. The summed E-state index contributed by atoms with van der Waals surface area (Å²) in [6.07, 6.45) is 3.95. The molecule has 2 heterocycles. The Hall–Kier alpha value is -0.900. The van der Waals surface area contributed by atoms with Gasteiger partial charge in [0.05, 0.1) is 10.7 Å². The third-order valence-electron chi connectivity index (χ3n) is 4.05. The summed E-state index contributed by atoms with van der Waals surface area (Å²) in [5.41, 5.74) is 1.35. The number of piperidine rings is 1. The van der Waals surface area contributed by atoms with E-state index < -0.39 is 0 Å². The van der Waals surface area contributed by atoms with E-state index in [9.17, 15) is 4.79 Å². The number of amides is 1. The Bertz CT molecular complexity index is 453. The van der Waals surface area contributed by atoms with Gasteiger partial charge in [-0.05, 0) is 18.8 Å². The fourth-order valence-electron chi connectivity index (χ4n) is 2.61. The van der Waals surface area contributed by atoms with Gasteiger partial charge in [-0.25, -0.2) is 4.98 Å². The third kappa shape index (κ3) is 3.81. The van der Waals surface area contributed by atoms with Gasteiger partial charge in [0.2, 0.25) is 5.91 Å². The Kier molecular flexibility index (Phi) is 4.84. The number of nitrogens with zero attached hydrogens (tertiary/aromatic N) is 2. The fourth-order valence-corrected chi connectivity index (χ4v) is 3.74. The van der Waals surface area contributed by atoms with Crippen LogP contribution in [0.15, 0.2) is 5.38 Å². The summed E-state index contributed by atoms with van der Waals surface area (Å²) in [7, 11) is 0. The van der Waals surface area contributed by atoms with Crippen molar-refractivity contribution in [2.75, 3.05) is 13.1 Å². The van der Waals surface area contributed by atoms with E-state index in [4.69, 9.17) is 4.98 Å². The molecule has 1 fully saturated rings. The Balaban J connectivity index is 1.87. The average molecular weight is 294 g/mol. The standard InChI is InChI=1S/C16H26N2OS/c1-5-15(19)18-8-6-12(7-9-18)10-14-17-13(11-20-14)16(2,3)4/h11-12H,5-10H2,1-4H3. The van der Waals surface area contributed by atoms with Crippen molar-refractivity contribution in [2.45, 2.75) is 58.8 Å². The maximum Gasteiger partial charge on any atom is 0.222 e. The largest absolute Gasteiger partial charge is 0.343 e. The van der Waals surface area contributed by atoms with E-state index in [0.717, 1.165) is 32.4 Å². The van der Waals surface area contributed by atoms with Crippen molar-refractivity contribution in [1.29, 1.82) is 0 Å². The van der Waals surface area contributed by atoms with E-state index in [1.54, 1.807) is 11.3 Å². The van der Waals surface area contributed by atoms with Crippen molar-refractivity contribution in [3.05, 3.63) is 16.1 Å². The van der Waals surface area contributed by atoms with Crippen LogP contribution in [0.25, 0.3) is 0 Å². The van der Waals surface area contributed by atoms with Crippen molar-refractivity contribution in [1.82, 2.24) is 9.88 Å². The Morgan fingerprint density at radius 1 is 1.40 bits per heavy atom. The molecule has 1 aromatic heterocycles. The van der Waals surface area contributed by atoms with E-state index in [1.165, 1.54) is 10.7 Å². The highest BCUT2D eigenvalue weighted by Gasteiger charge is 2.24. The maximum absolute atomic E-state index is 11.7. The van der Waals surface area contributed by atoms with E-state index in [0.29, 0.717) is 18.2 Å². The molecule has 4 heteroatoms. The SMILES string of the molecule is CCC(=O)N1CCC(Cc2nc(C(C)(C)C)cs2)CC1. The zero-order valence-electron chi connectivity index (χ0n) is 13.1. The van der Waals surface area contributed by atoms with Gasteiger partial charge in [-0.15, -0.1) is 11.3 Å². The molecule has 1 aliphatic heterocycles. The molecule has 3 nitrogen and oxygen atoms in total. The lowest BCUT2D eigenvalue weighted by Gasteiger charge is -2.31. The predicted molar refractivity (Wildman–Crippen MR) is 84.1 cm³/mol. The number of rotatable bonds is 3. The van der Waals surface area contributed by atoms with Crippen molar-refractivity contribution >= 4 is 17.2 Å². The van der Waals surface area contributed by atoms with Gasteiger partial charge in [-0.1, -0.05) is 27.7 Å². The summed E-state index contributed by atoms with van der Waals surface area (Å²) >= 11 is 1.79. The van der Waals surface area contributed by atoms with E-state index in [2.05, 4.69) is 26.2 Å². The molecule has 1 aromatic rings. The molecular formula is C16H26N2OS. The van der Waals surface area contributed by atoms with Gasteiger partial charge in [0.1, 0.15) is 0 Å². The molecule has 0 N–H and O–H groups in total. The van der Waals surface area contributed by atoms with Gasteiger partial charge in [-0.3, -0.25) is 4.79 Å². The smallest absolute Gasteiger partial charge is 0.222 e. The minimum atomic E-state index is 0.145. The van der Waals surface area contributed by atoms with Gasteiger partial charge >= 0.3 is 0 Å². The summed E-state index contributed by atoms with van der Waals surface area (Å²) in [6, 6.07) is 0. The first-order valence-corrected chi connectivity index (χ1v) is 8.50. The number of hydrogen-bond donors (Lipinski definition) is 0. The van der Waals surface area contributed by atoms with Crippen LogP contribution in [-0.4, -0.2) is 28.9 Å². The summed E-state index contributed by atoms with van der Waals surface area (Å²) in [6.45, 7) is 10.4. The molecule has 0 saturated carbocycles. The first kappa shape index (κ1) is 15.5. The van der Waals surface area contributed by atoms with Crippen LogP contribution in [0.1, 0.15) is 57.7 Å². The van der Waals surface area contributed by atoms with Crippen molar-refractivity contribution in [3.8, 4) is 0 Å². The van der Waals surface area contributed by atoms with Gasteiger partial charge in [0, 0.05) is 36.7 Å². The van der Waals surface area contributed by atoms with Crippen LogP contribution in [0.2, 0.25) is 0 Å². The molecule has 0 spiro atoms. The lowest BCUT2D eigenvalue weighted by atomic mass is 9.92. The molecule has 1 aliphatic rings. The van der Waals surface area contributed by atoms with E-state index in [-0.39, 0.29) is 5.41 Å². The van der Waals surface area contributed by atoms with Gasteiger partial charge < -0.3 is 4.90 Å². The van der Waals surface area contributed by atoms with Crippen molar-refractivity contribution < 1.29 is 4.79 Å². The lowest BCUT2D eigenvalue weighted by Crippen LogP contribution is -2.38. The number of carbonyl (C=O) groups is 1. The van der Waals surface area contributed by atoms with Gasteiger partial charge in [0.25, 0.3) is 0 Å². The number of likely N-dealkylation sites (tertiary alicyclic amines) is 1. The summed E-state index contributed by atoms with van der Waals surface area (Å²) in [5.74, 6) is 0.989. The number of aromatic nitrogens is 1. The number of carbonyl (C=O) groups excluding carboxylic acids is 1. The molecule has 2 rings (SSSR count). The zero-order chi connectivity index (χ0) is 14.8. The second-order valence-corrected chi connectivity index (χ2v) is 7.70. The molecule has 0 unspecified atom stereocenters. The molecule has 1 amide bonds. The van der Waals surface area contributed by atoms with Gasteiger partial charge in [0.15, 0.2) is 0 Å². The second-order valence-electron chi connectivity index (χ2n) is 6.76. The Labute approximate surface area is 126 Å². The highest BCUT2D eigenvalue weighted by atomic mass is 32.1. The molecule has 0 radical (unpaired) electrons. The first-order chi connectivity index (χ1) is 9.40. The molecule has 0 bridgehead atoms. The van der Waals surface area contributed by atoms with E-state index in [1.807, 2.05) is 11.8 Å². The Morgan fingerprint density at radius 2 is 2.05 bits per heavy atom. The zero-order valence-corrected chi connectivity index (χ0v) is 13.9. The molecule has 0 aliphatic carbocycles. The molecule has 112 valence electrons. The minimum absolute atomic E-state index is 0.145. The quantitative estimate of drug-likeness (QED) is 0.853. The van der Waals surface area contributed by atoms with Crippen LogP contribution in [-0.2, 0) is 16.6 Å². The molecule has 0 aromatic carbocycles. The molecule has 0 atom stereocenters. The monoisotopic (exact) mass is 294 g/mol.